The molecule has 12 rings (SSSR count). The van der Waals surface area contributed by atoms with Crippen LogP contribution in [-0.2, 0) is 5.41 Å². The molecule has 10 aromatic rings. The van der Waals surface area contributed by atoms with Crippen LogP contribution < -0.4 is 4.90 Å². The molecule has 0 unspecified atom stereocenters. The van der Waals surface area contributed by atoms with Gasteiger partial charge in [-0.1, -0.05) is 188 Å². The van der Waals surface area contributed by atoms with Crippen LogP contribution in [0.15, 0.2) is 237 Å². The van der Waals surface area contributed by atoms with Gasteiger partial charge in [-0.05, 0) is 137 Å². The van der Waals surface area contributed by atoms with Gasteiger partial charge in [0.15, 0.2) is 0 Å². The molecule has 1 atom stereocenters. The monoisotopic (exact) mass is 761 g/mol. The lowest BCUT2D eigenvalue weighted by molar-refractivity contribution is 0.776. The fourth-order valence-electron chi connectivity index (χ4n) is 10.2. The number of para-hydroxylation sites is 1. The fourth-order valence-corrected chi connectivity index (χ4v) is 10.2. The summed E-state index contributed by atoms with van der Waals surface area (Å²) >= 11 is 0. The van der Waals surface area contributed by atoms with Crippen molar-refractivity contribution in [1.82, 2.24) is 0 Å². The summed E-state index contributed by atoms with van der Waals surface area (Å²) in [6.45, 7) is 0. The van der Waals surface area contributed by atoms with Crippen LogP contribution in [0.2, 0.25) is 0 Å². The van der Waals surface area contributed by atoms with E-state index in [0.717, 1.165) is 17.1 Å². The number of nitrogens with zero attached hydrogens (tertiary/aromatic N) is 1. The molecule has 0 radical (unpaired) electrons. The molecule has 2 aliphatic rings. The Morgan fingerprint density at radius 2 is 0.633 bits per heavy atom. The Kier molecular flexibility index (Phi) is 7.83. The average Bonchev–Trinajstić information content (AvgIpc) is 3.55. The number of anilines is 3. The van der Waals surface area contributed by atoms with Gasteiger partial charge < -0.3 is 4.90 Å². The third-order valence-corrected chi connectivity index (χ3v) is 12.9. The van der Waals surface area contributed by atoms with Gasteiger partial charge in [-0.2, -0.15) is 0 Å². The second-order valence-electron chi connectivity index (χ2n) is 16.0. The minimum absolute atomic E-state index is 0.588. The van der Waals surface area contributed by atoms with Crippen molar-refractivity contribution in [3.63, 3.8) is 0 Å². The summed E-state index contributed by atoms with van der Waals surface area (Å²) < 4.78 is 0. The van der Waals surface area contributed by atoms with Gasteiger partial charge in [-0.15, -0.1) is 0 Å². The Morgan fingerprint density at radius 1 is 0.233 bits per heavy atom. The van der Waals surface area contributed by atoms with Gasteiger partial charge in [0.2, 0.25) is 0 Å². The molecule has 1 heteroatoms. The predicted molar refractivity (Wildman–Crippen MR) is 251 cm³/mol. The molecule has 0 aliphatic heterocycles. The highest BCUT2D eigenvalue weighted by Gasteiger charge is 2.50. The van der Waals surface area contributed by atoms with Crippen molar-refractivity contribution in [3.8, 4) is 55.6 Å². The molecule has 0 N–H and O–H groups in total. The van der Waals surface area contributed by atoms with E-state index in [4.69, 9.17) is 0 Å². The molecule has 1 nitrogen and oxygen atoms in total. The summed E-state index contributed by atoms with van der Waals surface area (Å²) in [6, 6.07) is 87.5. The largest absolute Gasteiger partial charge is 0.310 e. The van der Waals surface area contributed by atoms with Crippen LogP contribution in [0.1, 0.15) is 22.3 Å². The van der Waals surface area contributed by atoms with Gasteiger partial charge in [0.05, 0.1) is 5.41 Å². The SMILES string of the molecule is c1ccc(-c2ccc(-c3ccc(N(c4ccccc4)c4ccc5c(c4)[C@@]4(c6ccccc6-c6ccccc6-5)c5ccccc5-c5cc6ccccc6cc54)cc3)cc2)cc1. The topological polar surface area (TPSA) is 3.24 Å². The molecule has 0 bridgehead atoms. The second kappa shape index (κ2) is 13.7. The number of hydrogen-bond acceptors (Lipinski definition) is 1. The van der Waals surface area contributed by atoms with E-state index in [-0.39, 0.29) is 0 Å². The molecule has 0 amide bonds. The van der Waals surface area contributed by atoms with Gasteiger partial charge >= 0.3 is 0 Å². The summed E-state index contributed by atoms with van der Waals surface area (Å²) in [4.78, 5) is 2.42. The van der Waals surface area contributed by atoms with Crippen molar-refractivity contribution in [1.29, 1.82) is 0 Å². The molecular formula is C59H39N. The first kappa shape index (κ1) is 34.3. The van der Waals surface area contributed by atoms with Crippen molar-refractivity contribution in [2.24, 2.45) is 0 Å². The summed E-state index contributed by atoms with van der Waals surface area (Å²) in [5.41, 5.74) is 20.5. The molecule has 0 saturated carbocycles. The molecule has 280 valence electrons. The highest BCUT2D eigenvalue weighted by atomic mass is 15.1. The van der Waals surface area contributed by atoms with E-state index in [0.29, 0.717) is 0 Å². The van der Waals surface area contributed by atoms with E-state index in [1.807, 2.05) is 0 Å². The van der Waals surface area contributed by atoms with Crippen LogP contribution in [0, 0.1) is 0 Å². The highest BCUT2D eigenvalue weighted by Crippen LogP contribution is 2.62. The zero-order chi connectivity index (χ0) is 39.6. The van der Waals surface area contributed by atoms with E-state index in [9.17, 15) is 0 Å². The van der Waals surface area contributed by atoms with Crippen LogP contribution in [0.4, 0.5) is 17.1 Å². The number of rotatable bonds is 5. The minimum atomic E-state index is -0.588. The molecule has 10 aromatic carbocycles. The summed E-state index contributed by atoms with van der Waals surface area (Å²) in [6.07, 6.45) is 0. The van der Waals surface area contributed by atoms with Crippen molar-refractivity contribution in [3.05, 3.63) is 259 Å². The molecule has 0 fully saturated rings. The fraction of sp³-hybridized carbons (Fsp3) is 0.0169. The molecular weight excluding hydrogens is 723 g/mol. The van der Waals surface area contributed by atoms with Gasteiger partial charge in [0, 0.05) is 17.1 Å². The van der Waals surface area contributed by atoms with Gasteiger partial charge in [-0.25, -0.2) is 0 Å². The maximum atomic E-state index is 2.50. The molecule has 0 heterocycles. The summed E-state index contributed by atoms with van der Waals surface area (Å²) in [5.74, 6) is 0. The van der Waals surface area contributed by atoms with Crippen LogP contribution in [0.5, 0.6) is 0 Å². The van der Waals surface area contributed by atoms with Gasteiger partial charge in [0.1, 0.15) is 0 Å². The molecule has 0 saturated heterocycles. The summed E-state index contributed by atoms with van der Waals surface area (Å²) in [5, 5.41) is 2.51. The number of fused-ring (bicyclic) bond motifs is 13. The molecule has 60 heavy (non-hydrogen) atoms. The molecule has 0 aromatic heterocycles. The average molecular weight is 762 g/mol. The maximum absolute atomic E-state index is 2.50. The van der Waals surface area contributed by atoms with Gasteiger partial charge in [-0.3, -0.25) is 0 Å². The zero-order valence-electron chi connectivity index (χ0n) is 33.0. The molecule has 1 spiro atoms. The quantitative estimate of drug-likeness (QED) is 0.169. The minimum Gasteiger partial charge on any atom is -0.310 e. The van der Waals surface area contributed by atoms with E-state index in [2.05, 4.69) is 241 Å². The predicted octanol–water partition coefficient (Wildman–Crippen LogP) is 15.7. The van der Waals surface area contributed by atoms with E-state index in [1.54, 1.807) is 0 Å². The van der Waals surface area contributed by atoms with Crippen molar-refractivity contribution >= 4 is 27.8 Å². The zero-order valence-corrected chi connectivity index (χ0v) is 33.0. The van der Waals surface area contributed by atoms with E-state index < -0.39 is 5.41 Å². The van der Waals surface area contributed by atoms with Crippen molar-refractivity contribution in [2.45, 2.75) is 5.41 Å². The Hall–Kier alpha value is -7.74. The van der Waals surface area contributed by atoms with Crippen LogP contribution in [-0.4, -0.2) is 0 Å². The Labute approximate surface area is 351 Å². The lowest BCUT2D eigenvalue weighted by atomic mass is 9.65. The number of hydrogen-bond donors (Lipinski definition) is 0. The van der Waals surface area contributed by atoms with E-state index >= 15 is 0 Å². The third-order valence-electron chi connectivity index (χ3n) is 12.9. The first-order chi connectivity index (χ1) is 29.8. The Morgan fingerprint density at radius 3 is 1.25 bits per heavy atom. The second-order valence-corrected chi connectivity index (χ2v) is 16.0. The lowest BCUT2D eigenvalue weighted by Gasteiger charge is -2.36. The standard InChI is InChI=1S/C59H39N/c1-3-15-40(16-4-1)41-27-29-42(30-28-41)43-31-33-47(34-32-43)60(46-19-5-2-6-20-46)48-35-36-53-50-22-10-9-21-49(50)51-23-11-13-25-55(51)59(58(53)39-48)56-26-14-12-24-52(56)54-37-44-17-7-8-18-45(44)38-57(54)59/h1-39H/t59-/m0/s1. The number of benzene rings is 10. The van der Waals surface area contributed by atoms with Crippen molar-refractivity contribution in [2.75, 3.05) is 4.90 Å². The molecule has 2 aliphatic carbocycles. The van der Waals surface area contributed by atoms with Crippen LogP contribution in [0.3, 0.4) is 0 Å². The lowest BCUT2D eigenvalue weighted by Crippen LogP contribution is -2.29. The third kappa shape index (κ3) is 5.19. The van der Waals surface area contributed by atoms with Crippen LogP contribution in [0.25, 0.3) is 66.4 Å². The Balaban J connectivity index is 1.09. The van der Waals surface area contributed by atoms with E-state index in [1.165, 1.54) is 88.7 Å². The maximum Gasteiger partial charge on any atom is 0.0726 e. The smallest absolute Gasteiger partial charge is 0.0726 e. The normalized spacial score (nSPS) is 14.4. The first-order valence-corrected chi connectivity index (χ1v) is 20.8. The van der Waals surface area contributed by atoms with Gasteiger partial charge in [0.25, 0.3) is 0 Å². The van der Waals surface area contributed by atoms with Crippen LogP contribution >= 0.6 is 0 Å². The van der Waals surface area contributed by atoms with Crippen molar-refractivity contribution < 1.29 is 0 Å². The Bertz CT molecular complexity index is 3240. The first-order valence-electron chi connectivity index (χ1n) is 20.8. The highest BCUT2D eigenvalue weighted by molar-refractivity contribution is 6.01. The summed E-state index contributed by atoms with van der Waals surface area (Å²) in [7, 11) is 0.